The van der Waals surface area contributed by atoms with Crippen LogP contribution >= 0.6 is 11.3 Å². The third kappa shape index (κ3) is 3.27. The maximum atomic E-state index is 13.0. The van der Waals surface area contributed by atoms with E-state index in [0.29, 0.717) is 12.1 Å². The van der Waals surface area contributed by atoms with Crippen LogP contribution in [0.25, 0.3) is 0 Å². The van der Waals surface area contributed by atoms with Gasteiger partial charge in [0.25, 0.3) is 11.5 Å². The Hall–Kier alpha value is -1.95. The van der Waals surface area contributed by atoms with E-state index in [2.05, 4.69) is 16.9 Å². The third-order valence-corrected chi connectivity index (χ3v) is 6.34. The van der Waals surface area contributed by atoms with Crippen LogP contribution in [0.15, 0.2) is 17.1 Å². The van der Waals surface area contributed by atoms with Gasteiger partial charge in [0.2, 0.25) is 0 Å². The van der Waals surface area contributed by atoms with Crippen LogP contribution in [0.4, 0.5) is 0 Å². The molecule has 25 heavy (non-hydrogen) atoms. The van der Waals surface area contributed by atoms with Crippen molar-refractivity contribution >= 4 is 17.2 Å². The number of piperidine rings is 1. The van der Waals surface area contributed by atoms with E-state index in [1.807, 2.05) is 17.2 Å². The highest BCUT2D eigenvalue weighted by molar-refractivity contribution is 7.11. The van der Waals surface area contributed by atoms with Crippen LogP contribution in [0.1, 0.15) is 63.1 Å². The number of likely N-dealkylation sites (tertiary alicyclic amines) is 1. The Balaban J connectivity index is 1.57. The normalized spacial score (nSPS) is 20.4. The first-order valence-electron chi connectivity index (χ1n) is 9.08. The minimum absolute atomic E-state index is 0.132. The average Bonchev–Trinajstić information content (AvgIpc) is 3.07. The zero-order valence-electron chi connectivity index (χ0n) is 14.5. The summed E-state index contributed by atoms with van der Waals surface area (Å²) in [6.45, 7) is 3.43. The van der Waals surface area contributed by atoms with Gasteiger partial charge in [-0.15, -0.1) is 11.3 Å². The van der Waals surface area contributed by atoms with E-state index in [9.17, 15) is 9.59 Å². The van der Waals surface area contributed by atoms with Crippen molar-refractivity contribution in [2.75, 3.05) is 13.1 Å². The number of amides is 1. The molecule has 1 saturated heterocycles. The number of nitrogens with zero attached hydrogens (tertiary/aromatic N) is 2. The Kier molecular flexibility index (Phi) is 4.46. The highest BCUT2D eigenvalue weighted by Gasteiger charge is 2.29. The van der Waals surface area contributed by atoms with Gasteiger partial charge in [0.1, 0.15) is 5.56 Å². The van der Waals surface area contributed by atoms with Crippen LogP contribution in [0.3, 0.4) is 0 Å². The molecule has 1 unspecified atom stereocenters. The summed E-state index contributed by atoms with van der Waals surface area (Å²) in [5, 5.41) is 1.11. The fourth-order valence-corrected chi connectivity index (χ4v) is 4.83. The van der Waals surface area contributed by atoms with E-state index in [0.717, 1.165) is 61.3 Å². The number of hydrogen-bond donors (Lipinski definition) is 1. The summed E-state index contributed by atoms with van der Waals surface area (Å²) in [5.74, 6) is 0.153. The first-order chi connectivity index (χ1) is 12.1. The van der Waals surface area contributed by atoms with Gasteiger partial charge in [0.05, 0.1) is 5.01 Å². The topological polar surface area (TPSA) is 66.1 Å². The molecule has 5 nitrogen and oxygen atoms in total. The van der Waals surface area contributed by atoms with Crippen LogP contribution in [-0.4, -0.2) is 33.9 Å². The minimum atomic E-state index is -0.238. The highest BCUT2D eigenvalue weighted by Crippen LogP contribution is 2.30. The zero-order chi connectivity index (χ0) is 17.4. The molecule has 1 atom stereocenters. The number of fused-ring (bicyclic) bond motifs is 1. The molecule has 2 aromatic heterocycles. The molecule has 0 radical (unpaired) electrons. The number of carbonyl (C=O) groups is 1. The van der Waals surface area contributed by atoms with Crippen molar-refractivity contribution in [1.29, 1.82) is 0 Å². The summed E-state index contributed by atoms with van der Waals surface area (Å²) in [4.78, 5) is 35.9. The molecule has 1 amide bonds. The van der Waals surface area contributed by atoms with Crippen LogP contribution in [0.5, 0.6) is 0 Å². The Morgan fingerprint density at radius 1 is 1.32 bits per heavy atom. The van der Waals surface area contributed by atoms with Gasteiger partial charge in [-0.1, -0.05) is 0 Å². The molecule has 1 fully saturated rings. The average molecular weight is 357 g/mol. The van der Waals surface area contributed by atoms with Gasteiger partial charge < -0.3 is 9.88 Å². The number of hydrogen-bond acceptors (Lipinski definition) is 4. The van der Waals surface area contributed by atoms with Gasteiger partial charge in [-0.25, -0.2) is 4.98 Å². The lowest BCUT2D eigenvalue weighted by Gasteiger charge is -2.32. The number of H-pyrrole nitrogens is 1. The molecule has 0 aromatic carbocycles. The molecule has 2 aromatic rings. The minimum Gasteiger partial charge on any atom is -0.338 e. The Morgan fingerprint density at radius 2 is 2.16 bits per heavy atom. The standard InChI is InChI=1S/C19H23N3O2S/c1-12-10-20-18(25-12)14-6-4-8-22(11-14)19(24)15-9-13-5-2-3-7-16(13)21-17(15)23/h9-10,14H,2-8,11H2,1H3,(H,21,23). The maximum absolute atomic E-state index is 13.0. The van der Waals surface area contributed by atoms with Gasteiger partial charge in [-0.2, -0.15) is 0 Å². The van der Waals surface area contributed by atoms with Crippen LogP contribution < -0.4 is 5.56 Å². The molecule has 0 bridgehead atoms. The number of rotatable bonds is 2. The number of aromatic nitrogens is 2. The van der Waals surface area contributed by atoms with E-state index in [-0.39, 0.29) is 17.4 Å². The molecule has 2 aliphatic rings. The number of carbonyl (C=O) groups excluding carboxylic acids is 1. The second kappa shape index (κ2) is 6.75. The molecule has 1 N–H and O–H groups in total. The molecule has 6 heteroatoms. The van der Waals surface area contributed by atoms with Crippen molar-refractivity contribution in [3.63, 3.8) is 0 Å². The fourth-order valence-electron chi connectivity index (χ4n) is 3.93. The van der Waals surface area contributed by atoms with Crippen molar-refractivity contribution in [2.24, 2.45) is 0 Å². The molecule has 132 valence electrons. The van der Waals surface area contributed by atoms with Crippen molar-refractivity contribution < 1.29 is 4.79 Å². The molecule has 4 rings (SSSR count). The van der Waals surface area contributed by atoms with Crippen molar-refractivity contribution in [2.45, 2.75) is 51.4 Å². The lowest BCUT2D eigenvalue weighted by Crippen LogP contribution is -2.41. The molecule has 1 aliphatic carbocycles. The second-order valence-electron chi connectivity index (χ2n) is 7.12. The SMILES string of the molecule is Cc1cnc(C2CCCN(C(=O)c3cc4c([nH]c3=O)CCCC4)C2)s1. The summed E-state index contributed by atoms with van der Waals surface area (Å²) in [6, 6.07) is 1.84. The lowest BCUT2D eigenvalue weighted by molar-refractivity contribution is 0.0705. The van der Waals surface area contributed by atoms with E-state index in [1.165, 1.54) is 4.88 Å². The second-order valence-corrected chi connectivity index (χ2v) is 8.39. The smallest absolute Gasteiger partial charge is 0.261 e. The first kappa shape index (κ1) is 16.5. The van der Waals surface area contributed by atoms with Gasteiger partial charge in [-0.3, -0.25) is 9.59 Å². The number of aryl methyl sites for hydroxylation is 3. The quantitative estimate of drug-likeness (QED) is 0.898. The summed E-state index contributed by atoms with van der Waals surface area (Å²) in [6.07, 6.45) is 8.00. The molecular formula is C19H23N3O2S. The molecular weight excluding hydrogens is 334 g/mol. The maximum Gasteiger partial charge on any atom is 0.261 e. The lowest BCUT2D eigenvalue weighted by atomic mass is 9.94. The fraction of sp³-hybridized carbons (Fsp3) is 0.526. The molecule has 1 aliphatic heterocycles. The predicted octanol–water partition coefficient (Wildman–Crippen LogP) is 3.04. The Morgan fingerprint density at radius 3 is 2.96 bits per heavy atom. The summed E-state index contributed by atoms with van der Waals surface area (Å²) in [5.41, 5.74) is 2.22. The van der Waals surface area contributed by atoms with E-state index in [1.54, 1.807) is 11.3 Å². The van der Waals surface area contributed by atoms with Crippen molar-refractivity contribution in [3.05, 3.63) is 49.3 Å². The van der Waals surface area contributed by atoms with Crippen molar-refractivity contribution in [1.82, 2.24) is 14.9 Å². The van der Waals surface area contributed by atoms with Crippen LogP contribution in [0, 0.1) is 6.92 Å². The monoisotopic (exact) mass is 357 g/mol. The van der Waals surface area contributed by atoms with Crippen LogP contribution in [-0.2, 0) is 12.8 Å². The first-order valence-corrected chi connectivity index (χ1v) is 9.90. The summed E-state index contributed by atoms with van der Waals surface area (Å²) in [7, 11) is 0. The van der Waals surface area contributed by atoms with Crippen LogP contribution in [0.2, 0.25) is 0 Å². The largest absolute Gasteiger partial charge is 0.338 e. The molecule has 0 saturated carbocycles. The molecule has 3 heterocycles. The van der Waals surface area contributed by atoms with E-state index >= 15 is 0 Å². The van der Waals surface area contributed by atoms with E-state index < -0.39 is 0 Å². The van der Waals surface area contributed by atoms with Gasteiger partial charge in [0, 0.05) is 35.8 Å². The zero-order valence-corrected chi connectivity index (χ0v) is 15.3. The molecule has 0 spiro atoms. The number of nitrogens with one attached hydrogen (secondary N) is 1. The Bertz CT molecular complexity index is 855. The predicted molar refractivity (Wildman–Crippen MR) is 98.4 cm³/mol. The van der Waals surface area contributed by atoms with E-state index in [4.69, 9.17) is 0 Å². The number of pyridine rings is 1. The van der Waals surface area contributed by atoms with Gasteiger partial charge in [0.15, 0.2) is 0 Å². The van der Waals surface area contributed by atoms with Crippen molar-refractivity contribution in [3.8, 4) is 0 Å². The van der Waals surface area contributed by atoms with Gasteiger partial charge in [-0.05, 0) is 57.1 Å². The van der Waals surface area contributed by atoms with Gasteiger partial charge >= 0.3 is 0 Å². The highest BCUT2D eigenvalue weighted by atomic mass is 32.1. The third-order valence-electron chi connectivity index (χ3n) is 5.27. The summed E-state index contributed by atoms with van der Waals surface area (Å²) >= 11 is 1.71. The number of aromatic amines is 1. The summed E-state index contributed by atoms with van der Waals surface area (Å²) < 4.78 is 0. The number of thiazole rings is 1. The Labute approximate surface area is 151 Å².